The second-order valence-electron chi connectivity index (χ2n) is 4.43. The molecule has 0 saturated carbocycles. The molecule has 1 rings (SSSR count). The lowest BCUT2D eigenvalue weighted by molar-refractivity contribution is -0.142. The van der Waals surface area contributed by atoms with Gasteiger partial charge in [-0.3, -0.25) is 4.79 Å². The summed E-state index contributed by atoms with van der Waals surface area (Å²) < 4.78 is 0. The van der Waals surface area contributed by atoms with E-state index in [-0.39, 0.29) is 18.0 Å². The van der Waals surface area contributed by atoms with E-state index in [9.17, 15) is 9.59 Å². The summed E-state index contributed by atoms with van der Waals surface area (Å²) in [5.41, 5.74) is 0. The van der Waals surface area contributed by atoms with Crippen LogP contribution in [0, 0.1) is 11.8 Å². The number of carboxylic acids is 1. The monoisotopic (exact) mass is 214 g/mol. The Hall–Kier alpha value is -1.26. The average molecular weight is 214 g/mol. The second-order valence-corrected chi connectivity index (χ2v) is 4.43. The molecule has 15 heavy (non-hydrogen) atoms. The molecular formula is C10H18N2O3. The minimum absolute atomic E-state index is 0.0282. The largest absolute Gasteiger partial charge is 0.481 e. The molecule has 0 aliphatic carbocycles. The molecule has 1 fully saturated rings. The normalized spacial score (nSPS) is 25.7. The Morgan fingerprint density at radius 2 is 2.00 bits per heavy atom. The molecule has 0 aromatic carbocycles. The number of aliphatic carboxylic acids is 1. The van der Waals surface area contributed by atoms with Crippen LogP contribution < -0.4 is 5.32 Å². The Kier molecular flexibility index (Phi) is 3.55. The number of nitrogens with one attached hydrogen (secondary N) is 1. The van der Waals surface area contributed by atoms with Crippen LogP contribution in [-0.2, 0) is 4.79 Å². The van der Waals surface area contributed by atoms with Gasteiger partial charge in [0.15, 0.2) is 0 Å². The maximum absolute atomic E-state index is 11.6. The summed E-state index contributed by atoms with van der Waals surface area (Å²) in [5.74, 6) is -1.22. The Bertz CT molecular complexity index is 265. The number of urea groups is 1. The van der Waals surface area contributed by atoms with Crippen LogP contribution in [0.2, 0.25) is 0 Å². The molecule has 1 aliphatic rings. The van der Waals surface area contributed by atoms with E-state index in [4.69, 9.17) is 5.11 Å². The van der Waals surface area contributed by atoms with Gasteiger partial charge in [0.05, 0.1) is 5.92 Å². The zero-order valence-corrected chi connectivity index (χ0v) is 9.36. The molecule has 86 valence electrons. The van der Waals surface area contributed by atoms with E-state index in [1.54, 1.807) is 4.90 Å². The third-order valence-electron chi connectivity index (χ3n) is 2.63. The van der Waals surface area contributed by atoms with Crippen LogP contribution in [0.4, 0.5) is 4.79 Å². The number of nitrogens with zero attached hydrogens (tertiary/aromatic N) is 1. The molecule has 5 nitrogen and oxygen atoms in total. The Morgan fingerprint density at radius 1 is 1.40 bits per heavy atom. The summed E-state index contributed by atoms with van der Waals surface area (Å²) >= 11 is 0. The zero-order valence-electron chi connectivity index (χ0n) is 9.36. The predicted molar refractivity (Wildman–Crippen MR) is 55.5 cm³/mol. The van der Waals surface area contributed by atoms with Gasteiger partial charge in [-0.15, -0.1) is 0 Å². The topological polar surface area (TPSA) is 69.6 Å². The van der Waals surface area contributed by atoms with E-state index >= 15 is 0 Å². The fourth-order valence-electron chi connectivity index (χ4n) is 1.79. The van der Waals surface area contributed by atoms with Crippen LogP contribution in [0.5, 0.6) is 0 Å². The third kappa shape index (κ3) is 2.84. The molecule has 2 amide bonds. The number of rotatable bonds is 2. The van der Waals surface area contributed by atoms with Crippen LogP contribution in [0.15, 0.2) is 0 Å². The minimum atomic E-state index is -0.817. The van der Waals surface area contributed by atoms with Gasteiger partial charge in [0, 0.05) is 19.1 Å². The van der Waals surface area contributed by atoms with E-state index in [1.165, 1.54) is 0 Å². The van der Waals surface area contributed by atoms with E-state index in [0.717, 1.165) is 0 Å². The van der Waals surface area contributed by atoms with Gasteiger partial charge < -0.3 is 15.3 Å². The van der Waals surface area contributed by atoms with Crippen molar-refractivity contribution in [1.29, 1.82) is 0 Å². The number of carbonyl (C=O) groups excluding carboxylic acids is 1. The highest BCUT2D eigenvalue weighted by Gasteiger charge is 2.36. The molecular weight excluding hydrogens is 196 g/mol. The molecule has 2 unspecified atom stereocenters. The van der Waals surface area contributed by atoms with Gasteiger partial charge in [-0.05, 0) is 19.8 Å². The molecule has 1 saturated heterocycles. The van der Waals surface area contributed by atoms with Gasteiger partial charge in [0.25, 0.3) is 0 Å². The van der Waals surface area contributed by atoms with Crippen molar-refractivity contribution in [2.24, 2.45) is 11.8 Å². The lowest BCUT2D eigenvalue weighted by Gasteiger charge is -2.18. The summed E-state index contributed by atoms with van der Waals surface area (Å²) in [6.07, 6.45) is 0. The summed E-state index contributed by atoms with van der Waals surface area (Å²) in [7, 11) is 0. The number of amides is 2. The summed E-state index contributed by atoms with van der Waals surface area (Å²) in [5, 5.41) is 11.7. The van der Waals surface area contributed by atoms with Crippen LogP contribution in [0.3, 0.4) is 0 Å². The highest BCUT2D eigenvalue weighted by Crippen LogP contribution is 2.22. The number of carboxylic acid groups (broad SMARTS) is 1. The van der Waals surface area contributed by atoms with Crippen molar-refractivity contribution in [2.75, 3.05) is 13.1 Å². The quantitative estimate of drug-likeness (QED) is 0.713. The number of likely N-dealkylation sites (tertiary alicyclic amines) is 1. The summed E-state index contributed by atoms with van der Waals surface area (Å²) in [6, 6.07) is -0.0858. The molecule has 2 N–H and O–H groups in total. The van der Waals surface area contributed by atoms with Crippen LogP contribution >= 0.6 is 0 Å². The van der Waals surface area contributed by atoms with E-state index < -0.39 is 11.9 Å². The smallest absolute Gasteiger partial charge is 0.317 e. The first-order chi connectivity index (χ1) is 6.91. The standard InChI is InChI=1S/C10H18N2O3/c1-6(2)11-10(15)12-4-7(3)8(5-12)9(13)14/h6-8H,4-5H2,1-3H3,(H,11,15)(H,13,14). The molecule has 0 aromatic heterocycles. The Labute approximate surface area is 89.4 Å². The molecule has 0 radical (unpaired) electrons. The summed E-state index contributed by atoms with van der Waals surface area (Å²) in [4.78, 5) is 24.0. The molecule has 0 spiro atoms. The second kappa shape index (κ2) is 4.51. The zero-order chi connectivity index (χ0) is 11.6. The van der Waals surface area contributed by atoms with Crippen molar-refractivity contribution in [3.05, 3.63) is 0 Å². The van der Waals surface area contributed by atoms with E-state index in [1.807, 2.05) is 20.8 Å². The van der Waals surface area contributed by atoms with Crippen molar-refractivity contribution >= 4 is 12.0 Å². The Balaban J connectivity index is 2.54. The molecule has 1 heterocycles. The Morgan fingerprint density at radius 3 is 2.40 bits per heavy atom. The molecule has 2 atom stereocenters. The fraction of sp³-hybridized carbons (Fsp3) is 0.800. The first kappa shape index (κ1) is 11.8. The fourth-order valence-corrected chi connectivity index (χ4v) is 1.79. The number of hydrogen-bond acceptors (Lipinski definition) is 2. The van der Waals surface area contributed by atoms with Crippen LogP contribution in [0.1, 0.15) is 20.8 Å². The first-order valence-corrected chi connectivity index (χ1v) is 5.20. The van der Waals surface area contributed by atoms with Gasteiger partial charge in [-0.25, -0.2) is 4.79 Å². The van der Waals surface area contributed by atoms with Crippen molar-refractivity contribution in [1.82, 2.24) is 10.2 Å². The molecule has 5 heteroatoms. The maximum Gasteiger partial charge on any atom is 0.317 e. The van der Waals surface area contributed by atoms with Crippen molar-refractivity contribution < 1.29 is 14.7 Å². The summed E-state index contributed by atoms with van der Waals surface area (Å²) in [6.45, 7) is 6.46. The van der Waals surface area contributed by atoms with Gasteiger partial charge >= 0.3 is 12.0 Å². The van der Waals surface area contributed by atoms with Gasteiger partial charge in [-0.2, -0.15) is 0 Å². The van der Waals surface area contributed by atoms with Crippen LogP contribution in [-0.4, -0.2) is 41.1 Å². The lowest BCUT2D eigenvalue weighted by atomic mass is 9.99. The van der Waals surface area contributed by atoms with Gasteiger partial charge in [-0.1, -0.05) is 6.92 Å². The lowest BCUT2D eigenvalue weighted by Crippen LogP contribution is -2.42. The highest BCUT2D eigenvalue weighted by atomic mass is 16.4. The number of hydrogen-bond donors (Lipinski definition) is 2. The average Bonchev–Trinajstić information content (AvgIpc) is 2.46. The van der Waals surface area contributed by atoms with Gasteiger partial charge in [0.2, 0.25) is 0 Å². The molecule has 0 bridgehead atoms. The third-order valence-corrected chi connectivity index (χ3v) is 2.63. The van der Waals surface area contributed by atoms with Crippen molar-refractivity contribution in [3.8, 4) is 0 Å². The predicted octanol–water partition coefficient (Wildman–Crippen LogP) is 0.757. The van der Waals surface area contributed by atoms with E-state index in [2.05, 4.69) is 5.32 Å². The number of carbonyl (C=O) groups is 2. The first-order valence-electron chi connectivity index (χ1n) is 5.20. The maximum atomic E-state index is 11.6. The van der Waals surface area contributed by atoms with Crippen molar-refractivity contribution in [3.63, 3.8) is 0 Å². The van der Waals surface area contributed by atoms with Crippen LogP contribution in [0.25, 0.3) is 0 Å². The highest BCUT2D eigenvalue weighted by molar-refractivity contribution is 5.77. The molecule has 1 aliphatic heterocycles. The minimum Gasteiger partial charge on any atom is -0.481 e. The van der Waals surface area contributed by atoms with Gasteiger partial charge in [0.1, 0.15) is 0 Å². The van der Waals surface area contributed by atoms with E-state index in [0.29, 0.717) is 13.1 Å². The SMILES string of the molecule is CC(C)NC(=O)N1CC(C)C(C(=O)O)C1. The van der Waals surface area contributed by atoms with Crippen molar-refractivity contribution in [2.45, 2.75) is 26.8 Å². The molecule has 0 aromatic rings.